The van der Waals surface area contributed by atoms with Crippen molar-refractivity contribution in [2.24, 2.45) is 10.9 Å². The third kappa shape index (κ3) is 4.49. The molecule has 3 N–H and O–H groups in total. The third-order valence-electron chi connectivity index (χ3n) is 4.64. The number of nitrogens with zero attached hydrogens (tertiary/aromatic N) is 3. The maximum Gasteiger partial charge on any atom is 0.306 e. The Bertz CT molecular complexity index is 757. The number of fused-ring (bicyclic) bond motifs is 1. The monoisotopic (exact) mass is 356 g/mol. The van der Waals surface area contributed by atoms with Crippen LogP contribution in [0.25, 0.3) is 0 Å². The zero-order chi connectivity index (χ0) is 18.4. The molecule has 0 aliphatic carbocycles. The number of aliphatic hydroxyl groups excluding tert-OH is 1. The second-order valence-electron chi connectivity index (χ2n) is 6.55. The number of carboxylic acids is 1. The molecule has 1 aliphatic rings. The van der Waals surface area contributed by atoms with E-state index >= 15 is 0 Å². The Morgan fingerprint density at radius 2 is 2.12 bits per heavy atom. The number of imidazole rings is 1. The van der Waals surface area contributed by atoms with Crippen LogP contribution in [0.5, 0.6) is 0 Å². The van der Waals surface area contributed by atoms with E-state index < -0.39 is 12.1 Å². The molecule has 0 saturated heterocycles. The lowest BCUT2D eigenvalue weighted by Gasteiger charge is -2.14. The largest absolute Gasteiger partial charge is 0.481 e. The van der Waals surface area contributed by atoms with Crippen molar-refractivity contribution in [3.63, 3.8) is 0 Å². The predicted molar refractivity (Wildman–Crippen MR) is 99.3 cm³/mol. The van der Waals surface area contributed by atoms with Crippen molar-refractivity contribution in [1.29, 1.82) is 0 Å². The van der Waals surface area contributed by atoms with Crippen molar-refractivity contribution >= 4 is 18.1 Å². The minimum Gasteiger partial charge on any atom is -0.481 e. The molecule has 0 fully saturated rings. The number of hydrogen-bond acceptors (Lipinski definition) is 5. The minimum atomic E-state index is -0.748. The number of aliphatic imine (C=N–C) groups is 1. The van der Waals surface area contributed by atoms with Gasteiger partial charge in [-0.15, -0.1) is 0 Å². The van der Waals surface area contributed by atoms with Crippen molar-refractivity contribution in [1.82, 2.24) is 9.55 Å². The molecule has 0 radical (unpaired) electrons. The fraction of sp³-hybridized carbons (Fsp3) is 0.421. The van der Waals surface area contributed by atoms with Gasteiger partial charge in [0.25, 0.3) is 0 Å². The van der Waals surface area contributed by atoms with Crippen LogP contribution in [0.4, 0.5) is 5.82 Å². The van der Waals surface area contributed by atoms with E-state index in [-0.39, 0.29) is 5.92 Å². The van der Waals surface area contributed by atoms with Gasteiger partial charge in [0.1, 0.15) is 6.10 Å². The molecule has 2 unspecified atom stereocenters. The molecule has 2 aromatic rings. The Labute approximate surface area is 152 Å². The summed E-state index contributed by atoms with van der Waals surface area (Å²) in [6.07, 6.45) is 5.39. The molecule has 2 atom stereocenters. The van der Waals surface area contributed by atoms with Crippen LogP contribution in [0, 0.1) is 5.92 Å². The number of aliphatic carboxylic acids is 1. The average Bonchev–Trinajstić information content (AvgIpc) is 2.95. The number of carbonyl (C=O) groups is 1. The number of aryl methyl sites for hydroxylation is 1. The summed E-state index contributed by atoms with van der Waals surface area (Å²) < 4.78 is 1.93. The molecule has 1 aromatic carbocycles. The average molecular weight is 356 g/mol. The van der Waals surface area contributed by atoms with Crippen LogP contribution in [-0.4, -0.2) is 38.6 Å². The van der Waals surface area contributed by atoms with E-state index in [0.717, 1.165) is 24.1 Å². The van der Waals surface area contributed by atoms with Crippen LogP contribution < -0.4 is 5.32 Å². The van der Waals surface area contributed by atoms with Gasteiger partial charge in [-0.25, -0.2) is 4.98 Å². The molecule has 2 heterocycles. The summed E-state index contributed by atoms with van der Waals surface area (Å²) in [5, 5.41) is 22.6. The first-order valence-corrected chi connectivity index (χ1v) is 8.90. The number of nitrogens with one attached hydrogen (secondary N) is 1. The van der Waals surface area contributed by atoms with Crippen LogP contribution in [0.2, 0.25) is 0 Å². The number of carboxylic acid groups (broad SMARTS) is 1. The van der Waals surface area contributed by atoms with E-state index in [9.17, 15) is 15.0 Å². The van der Waals surface area contributed by atoms with Crippen LogP contribution in [0.3, 0.4) is 0 Å². The molecule has 0 amide bonds. The fourth-order valence-corrected chi connectivity index (χ4v) is 3.26. The SMILES string of the molecule is O=C(O)C(CCCCn1cnc2c1C(O)CN=CN2)Cc1ccccc1. The number of hydrogen-bond donors (Lipinski definition) is 3. The maximum atomic E-state index is 11.5. The number of benzene rings is 1. The summed E-state index contributed by atoms with van der Waals surface area (Å²) in [6, 6.07) is 9.73. The van der Waals surface area contributed by atoms with Crippen LogP contribution in [0.1, 0.15) is 36.6 Å². The zero-order valence-electron chi connectivity index (χ0n) is 14.6. The summed E-state index contributed by atoms with van der Waals surface area (Å²) >= 11 is 0. The van der Waals surface area contributed by atoms with E-state index in [0.29, 0.717) is 31.7 Å². The van der Waals surface area contributed by atoms with Crippen molar-refractivity contribution < 1.29 is 15.0 Å². The third-order valence-corrected chi connectivity index (χ3v) is 4.64. The van der Waals surface area contributed by atoms with E-state index in [4.69, 9.17) is 0 Å². The number of anilines is 1. The molecule has 0 spiro atoms. The highest BCUT2D eigenvalue weighted by molar-refractivity contribution is 5.75. The van der Waals surface area contributed by atoms with Crippen molar-refractivity contribution in [3.8, 4) is 0 Å². The minimum absolute atomic E-state index is 0.309. The fourth-order valence-electron chi connectivity index (χ4n) is 3.26. The van der Waals surface area contributed by atoms with Gasteiger partial charge in [0, 0.05) is 6.54 Å². The number of aromatic nitrogens is 2. The van der Waals surface area contributed by atoms with E-state index in [1.807, 2.05) is 34.9 Å². The first kappa shape index (κ1) is 18.1. The molecule has 7 heteroatoms. The summed E-state index contributed by atoms with van der Waals surface area (Å²) in [7, 11) is 0. The molecule has 1 aromatic heterocycles. The molecule has 7 nitrogen and oxygen atoms in total. The predicted octanol–water partition coefficient (Wildman–Crippen LogP) is 2.48. The highest BCUT2D eigenvalue weighted by atomic mass is 16.4. The summed E-state index contributed by atoms with van der Waals surface area (Å²) in [5.41, 5.74) is 1.79. The second kappa shape index (κ2) is 8.62. The Hall–Kier alpha value is -2.67. The first-order valence-electron chi connectivity index (χ1n) is 8.90. The van der Waals surface area contributed by atoms with Crippen molar-refractivity contribution in [2.45, 2.75) is 38.3 Å². The van der Waals surface area contributed by atoms with Gasteiger partial charge in [-0.1, -0.05) is 36.8 Å². The van der Waals surface area contributed by atoms with Gasteiger partial charge in [0.15, 0.2) is 5.82 Å². The molecular formula is C19H24N4O3. The second-order valence-corrected chi connectivity index (χ2v) is 6.55. The zero-order valence-corrected chi connectivity index (χ0v) is 14.6. The highest BCUT2D eigenvalue weighted by Gasteiger charge is 2.21. The van der Waals surface area contributed by atoms with Gasteiger partial charge in [0.05, 0.1) is 30.8 Å². The van der Waals surface area contributed by atoms with Gasteiger partial charge < -0.3 is 20.1 Å². The molecular weight excluding hydrogens is 332 g/mol. The van der Waals surface area contributed by atoms with Gasteiger partial charge in [-0.05, 0) is 24.8 Å². The standard InChI is InChI=1S/C19H24N4O3/c24-16-11-20-12-21-18-17(16)23(13-22-18)9-5-4-8-15(19(25)26)10-14-6-2-1-3-7-14/h1-3,6-7,12-13,15-16,24H,4-5,8-11H2,(H,20,21)(H,25,26). The smallest absolute Gasteiger partial charge is 0.306 e. The van der Waals surface area contributed by atoms with Crippen LogP contribution >= 0.6 is 0 Å². The topological polar surface area (TPSA) is 99.7 Å². The summed E-state index contributed by atoms with van der Waals surface area (Å²) in [6.45, 7) is 1.00. The molecule has 138 valence electrons. The Balaban J connectivity index is 1.52. The first-order chi connectivity index (χ1) is 12.6. The van der Waals surface area contributed by atoms with E-state index in [1.165, 1.54) is 0 Å². The number of unbranched alkanes of at least 4 members (excludes halogenated alkanes) is 1. The van der Waals surface area contributed by atoms with Gasteiger partial charge >= 0.3 is 5.97 Å². The van der Waals surface area contributed by atoms with Crippen LogP contribution in [0.15, 0.2) is 41.7 Å². The number of aliphatic hydroxyl groups is 1. The molecule has 3 rings (SSSR count). The summed E-state index contributed by atoms with van der Waals surface area (Å²) in [5.74, 6) is -0.494. The maximum absolute atomic E-state index is 11.5. The summed E-state index contributed by atoms with van der Waals surface area (Å²) in [4.78, 5) is 19.9. The van der Waals surface area contributed by atoms with E-state index in [2.05, 4.69) is 15.3 Å². The van der Waals surface area contributed by atoms with Crippen LogP contribution in [-0.2, 0) is 17.8 Å². The highest BCUT2D eigenvalue weighted by Crippen LogP contribution is 2.24. The molecule has 0 saturated carbocycles. The molecule has 26 heavy (non-hydrogen) atoms. The van der Waals surface area contributed by atoms with Gasteiger partial charge in [-0.3, -0.25) is 9.79 Å². The van der Waals surface area contributed by atoms with Crippen molar-refractivity contribution in [2.75, 3.05) is 11.9 Å². The lowest BCUT2D eigenvalue weighted by molar-refractivity contribution is -0.142. The quantitative estimate of drug-likeness (QED) is 0.631. The number of rotatable bonds is 8. The van der Waals surface area contributed by atoms with E-state index in [1.54, 1.807) is 12.7 Å². The Morgan fingerprint density at radius 1 is 1.31 bits per heavy atom. The Morgan fingerprint density at radius 3 is 2.88 bits per heavy atom. The lowest BCUT2D eigenvalue weighted by atomic mass is 9.94. The molecule has 0 bridgehead atoms. The normalized spacial score (nSPS) is 17.2. The molecule has 1 aliphatic heterocycles. The van der Waals surface area contributed by atoms with Gasteiger partial charge in [-0.2, -0.15) is 0 Å². The van der Waals surface area contributed by atoms with Gasteiger partial charge in [0.2, 0.25) is 0 Å². The van der Waals surface area contributed by atoms with Crippen molar-refractivity contribution in [3.05, 3.63) is 47.9 Å². The lowest BCUT2D eigenvalue weighted by Crippen LogP contribution is -2.17. The Kier molecular flexibility index (Phi) is 6.01.